The zero-order valence-corrected chi connectivity index (χ0v) is 13.6. The number of aromatic amines is 1. The van der Waals surface area contributed by atoms with E-state index in [9.17, 15) is 4.79 Å². The summed E-state index contributed by atoms with van der Waals surface area (Å²) in [6, 6.07) is 5.61. The predicted molar refractivity (Wildman–Crippen MR) is 88.9 cm³/mol. The van der Waals surface area contributed by atoms with E-state index in [1.807, 2.05) is 17.0 Å². The lowest BCUT2D eigenvalue weighted by molar-refractivity contribution is 0.0705. The van der Waals surface area contributed by atoms with Gasteiger partial charge in [-0.25, -0.2) is 4.98 Å². The van der Waals surface area contributed by atoms with E-state index in [0.29, 0.717) is 23.3 Å². The van der Waals surface area contributed by atoms with Gasteiger partial charge in [0.1, 0.15) is 0 Å². The van der Waals surface area contributed by atoms with Gasteiger partial charge >= 0.3 is 0 Å². The fourth-order valence-corrected chi connectivity index (χ4v) is 3.17. The van der Waals surface area contributed by atoms with Crippen molar-refractivity contribution in [2.45, 2.75) is 31.6 Å². The van der Waals surface area contributed by atoms with Crippen molar-refractivity contribution in [3.63, 3.8) is 0 Å². The molecule has 2 fully saturated rings. The number of carbonyl (C=O) groups excluding carboxylic acids is 1. The summed E-state index contributed by atoms with van der Waals surface area (Å²) in [6.45, 7) is 2.25. The lowest BCUT2D eigenvalue weighted by Crippen LogP contribution is -2.39. The molecule has 0 bridgehead atoms. The van der Waals surface area contributed by atoms with Crippen molar-refractivity contribution in [2.24, 2.45) is 5.92 Å². The number of pyridine rings is 1. The van der Waals surface area contributed by atoms with Gasteiger partial charge in [-0.2, -0.15) is 5.10 Å². The van der Waals surface area contributed by atoms with Gasteiger partial charge < -0.3 is 9.64 Å². The first kappa shape index (κ1) is 15.2. The van der Waals surface area contributed by atoms with Crippen LogP contribution in [-0.2, 0) is 0 Å². The minimum atomic E-state index is 0.0421. The highest BCUT2D eigenvalue weighted by atomic mass is 16.5. The molecule has 1 N–H and O–H groups in total. The van der Waals surface area contributed by atoms with Crippen molar-refractivity contribution in [1.29, 1.82) is 0 Å². The van der Waals surface area contributed by atoms with Gasteiger partial charge in [0.05, 0.1) is 12.2 Å². The summed E-state index contributed by atoms with van der Waals surface area (Å²) < 4.78 is 5.63. The maximum Gasteiger partial charge on any atom is 0.255 e. The average Bonchev–Trinajstić information content (AvgIpc) is 3.30. The molecule has 0 spiro atoms. The molecule has 2 aromatic rings. The number of aromatic nitrogens is 3. The molecule has 1 atom stereocenters. The van der Waals surface area contributed by atoms with Crippen LogP contribution in [0, 0.1) is 5.92 Å². The highest BCUT2D eigenvalue weighted by molar-refractivity contribution is 5.94. The van der Waals surface area contributed by atoms with Crippen molar-refractivity contribution >= 4 is 5.91 Å². The Morgan fingerprint density at radius 2 is 2.21 bits per heavy atom. The number of H-pyrrole nitrogens is 1. The molecule has 6 heteroatoms. The maximum absolute atomic E-state index is 12.7. The predicted octanol–water partition coefficient (Wildman–Crippen LogP) is 2.61. The van der Waals surface area contributed by atoms with E-state index in [1.165, 1.54) is 12.8 Å². The van der Waals surface area contributed by atoms with Gasteiger partial charge in [-0.1, -0.05) is 0 Å². The van der Waals surface area contributed by atoms with E-state index in [1.54, 1.807) is 18.5 Å². The average molecular weight is 326 g/mol. The summed E-state index contributed by atoms with van der Waals surface area (Å²) in [5, 5.41) is 7.04. The van der Waals surface area contributed by atoms with Crippen LogP contribution < -0.4 is 4.74 Å². The SMILES string of the molecule is O=C(c1ccc(OCC2CC2)nc1)N1CCC[C@@H](c2ccn[nH]2)C1. The van der Waals surface area contributed by atoms with Crippen LogP contribution in [-0.4, -0.2) is 45.7 Å². The van der Waals surface area contributed by atoms with Gasteiger partial charge in [-0.05, 0) is 43.7 Å². The largest absolute Gasteiger partial charge is 0.477 e. The number of nitrogens with zero attached hydrogens (tertiary/aromatic N) is 3. The van der Waals surface area contributed by atoms with Crippen molar-refractivity contribution in [3.05, 3.63) is 41.9 Å². The normalized spacial score (nSPS) is 20.8. The number of amides is 1. The number of piperidine rings is 1. The van der Waals surface area contributed by atoms with E-state index in [0.717, 1.165) is 38.2 Å². The second-order valence-corrected chi connectivity index (χ2v) is 6.74. The summed E-state index contributed by atoms with van der Waals surface area (Å²) in [6.07, 6.45) is 7.99. The molecule has 3 heterocycles. The van der Waals surface area contributed by atoms with Gasteiger partial charge in [-0.3, -0.25) is 9.89 Å². The summed E-state index contributed by atoms with van der Waals surface area (Å²) in [4.78, 5) is 18.9. The Morgan fingerprint density at radius 3 is 2.92 bits per heavy atom. The summed E-state index contributed by atoms with van der Waals surface area (Å²) in [5.41, 5.74) is 1.73. The summed E-state index contributed by atoms with van der Waals surface area (Å²) >= 11 is 0. The van der Waals surface area contributed by atoms with E-state index in [4.69, 9.17) is 4.74 Å². The molecule has 2 aliphatic rings. The monoisotopic (exact) mass is 326 g/mol. The molecule has 1 amide bonds. The van der Waals surface area contributed by atoms with Gasteiger partial charge in [0.15, 0.2) is 0 Å². The topological polar surface area (TPSA) is 71.1 Å². The molecule has 4 rings (SSSR count). The van der Waals surface area contributed by atoms with Crippen molar-refractivity contribution in [1.82, 2.24) is 20.1 Å². The lowest BCUT2D eigenvalue weighted by Gasteiger charge is -2.32. The van der Waals surface area contributed by atoms with Crippen LogP contribution in [0.3, 0.4) is 0 Å². The minimum Gasteiger partial charge on any atom is -0.477 e. The first-order valence-corrected chi connectivity index (χ1v) is 8.67. The Labute approximate surface area is 141 Å². The molecule has 0 unspecified atom stereocenters. The Kier molecular flexibility index (Phi) is 4.19. The zero-order valence-electron chi connectivity index (χ0n) is 13.6. The smallest absolute Gasteiger partial charge is 0.255 e. The number of nitrogens with one attached hydrogen (secondary N) is 1. The fraction of sp³-hybridized carbons (Fsp3) is 0.500. The highest BCUT2D eigenvalue weighted by Crippen LogP contribution is 2.29. The van der Waals surface area contributed by atoms with Crippen LogP contribution >= 0.6 is 0 Å². The van der Waals surface area contributed by atoms with E-state index in [-0.39, 0.29) is 5.91 Å². The van der Waals surface area contributed by atoms with Gasteiger partial charge in [0.25, 0.3) is 5.91 Å². The molecule has 6 nitrogen and oxygen atoms in total. The van der Waals surface area contributed by atoms with Crippen LogP contribution in [0.1, 0.15) is 47.7 Å². The highest BCUT2D eigenvalue weighted by Gasteiger charge is 2.26. The number of rotatable bonds is 5. The number of carbonyl (C=O) groups is 1. The first-order chi connectivity index (χ1) is 11.8. The molecule has 1 saturated carbocycles. The molecule has 0 radical (unpaired) electrons. The molecule has 0 aromatic carbocycles. The Bertz CT molecular complexity index is 680. The van der Waals surface area contributed by atoms with Crippen LogP contribution in [0.2, 0.25) is 0 Å². The molecule has 1 aliphatic carbocycles. The Morgan fingerprint density at radius 1 is 1.29 bits per heavy atom. The molecule has 1 saturated heterocycles. The minimum absolute atomic E-state index is 0.0421. The summed E-state index contributed by atoms with van der Waals surface area (Å²) in [7, 11) is 0. The molecule has 1 aliphatic heterocycles. The van der Waals surface area contributed by atoms with Gasteiger partial charge in [0, 0.05) is 43.2 Å². The second kappa shape index (κ2) is 6.63. The molecule has 126 valence electrons. The Hall–Kier alpha value is -2.37. The van der Waals surface area contributed by atoms with Gasteiger partial charge in [0.2, 0.25) is 5.88 Å². The van der Waals surface area contributed by atoms with Crippen LogP contribution in [0.4, 0.5) is 0 Å². The molecular formula is C18H22N4O2. The molecule has 2 aromatic heterocycles. The van der Waals surface area contributed by atoms with Gasteiger partial charge in [-0.15, -0.1) is 0 Å². The Balaban J connectivity index is 1.38. The van der Waals surface area contributed by atoms with Crippen LogP contribution in [0.5, 0.6) is 5.88 Å². The quantitative estimate of drug-likeness (QED) is 0.917. The van der Waals surface area contributed by atoms with E-state index in [2.05, 4.69) is 15.2 Å². The lowest BCUT2D eigenvalue weighted by atomic mass is 9.94. The zero-order chi connectivity index (χ0) is 16.4. The molecular weight excluding hydrogens is 304 g/mol. The third-order valence-electron chi connectivity index (χ3n) is 4.82. The number of hydrogen-bond acceptors (Lipinski definition) is 4. The number of hydrogen-bond donors (Lipinski definition) is 1. The number of ether oxygens (including phenoxy) is 1. The standard InChI is InChI=1S/C18H22N4O2/c23-18(14-5-6-17(19-10-14)24-12-13-3-4-13)22-9-1-2-15(11-22)16-7-8-20-21-16/h5-8,10,13,15H,1-4,9,11-12H2,(H,20,21)/t15-/m1/s1. The third kappa shape index (κ3) is 3.42. The third-order valence-corrected chi connectivity index (χ3v) is 4.82. The van der Waals surface area contributed by atoms with Crippen molar-refractivity contribution < 1.29 is 9.53 Å². The maximum atomic E-state index is 12.7. The van der Waals surface area contributed by atoms with Crippen molar-refractivity contribution in [3.8, 4) is 5.88 Å². The van der Waals surface area contributed by atoms with E-state index >= 15 is 0 Å². The first-order valence-electron chi connectivity index (χ1n) is 8.67. The summed E-state index contributed by atoms with van der Waals surface area (Å²) in [5.74, 6) is 1.67. The van der Waals surface area contributed by atoms with Crippen LogP contribution in [0.25, 0.3) is 0 Å². The van der Waals surface area contributed by atoms with Crippen molar-refractivity contribution in [2.75, 3.05) is 19.7 Å². The fourth-order valence-electron chi connectivity index (χ4n) is 3.17. The second-order valence-electron chi connectivity index (χ2n) is 6.74. The number of likely N-dealkylation sites (tertiary alicyclic amines) is 1. The molecule has 24 heavy (non-hydrogen) atoms. The van der Waals surface area contributed by atoms with E-state index < -0.39 is 0 Å². The van der Waals surface area contributed by atoms with Crippen LogP contribution in [0.15, 0.2) is 30.6 Å².